The molecule has 9 N–H and O–H groups in total. The van der Waals surface area contributed by atoms with Gasteiger partial charge in [0.2, 0.25) is 23.6 Å². The summed E-state index contributed by atoms with van der Waals surface area (Å²) in [5, 5.41) is 36.3. The van der Waals surface area contributed by atoms with E-state index in [-0.39, 0.29) is 6.42 Å². The number of hydrogen-bond acceptors (Lipinski definition) is 8. The van der Waals surface area contributed by atoms with Crippen LogP contribution in [-0.2, 0) is 28.8 Å². The van der Waals surface area contributed by atoms with Crippen LogP contribution in [-0.4, -0.2) is 88.2 Å². The molecule has 1 saturated heterocycles. The van der Waals surface area contributed by atoms with Gasteiger partial charge in [0.15, 0.2) is 0 Å². The first-order valence-corrected chi connectivity index (χ1v) is 9.53. The number of aliphatic carboxylic acids is 2. The van der Waals surface area contributed by atoms with Crippen molar-refractivity contribution in [3.8, 4) is 0 Å². The average Bonchev–Trinajstić information content (AvgIpc) is 3.22. The van der Waals surface area contributed by atoms with Gasteiger partial charge in [-0.25, -0.2) is 4.79 Å². The maximum atomic E-state index is 12.7. The van der Waals surface area contributed by atoms with Crippen LogP contribution in [0.4, 0.5) is 0 Å². The van der Waals surface area contributed by atoms with E-state index in [0.717, 1.165) is 6.42 Å². The van der Waals surface area contributed by atoms with Crippen molar-refractivity contribution in [1.82, 2.24) is 21.3 Å². The third-order valence-corrected chi connectivity index (χ3v) is 4.49. The van der Waals surface area contributed by atoms with Crippen LogP contribution in [0.3, 0.4) is 0 Å². The maximum absolute atomic E-state index is 12.7. The lowest BCUT2D eigenvalue weighted by Crippen LogP contribution is -2.58. The molecule has 4 amide bonds. The van der Waals surface area contributed by atoms with Gasteiger partial charge in [-0.1, -0.05) is 0 Å². The van der Waals surface area contributed by atoms with E-state index in [2.05, 4.69) is 16.0 Å². The smallest absolute Gasteiger partial charge is 0.328 e. The number of aliphatic hydroxyl groups is 1. The number of carbonyl (C=O) groups is 6. The van der Waals surface area contributed by atoms with E-state index in [1.165, 1.54) is 0 Å². The fraction of sp³-hybridized carbons (Fsp3) is 0.647. The number of nitrogens with one attached hydrogen (secondary N) is 4. The topological polar surface area (TPSA) is 237 Å². The first-order chi connectivity index (χ1) is 14.5. The fourth-order valence-corrected chi connectivity index (χ4v) is 2.86. The first kappa shape index (κ1) is 25.8. The van der Waals surface area contributed by atoms with Crippen LogP contribution in [0.1, 0.15) is 32.1 Å². The van der Waals surface area contributed by atoms with Gasteiger partial charge < -0.3 is 42.3 Å². The monoisotopic (exact) mass is 445 g/mol. The first-order valence-electron chi connectivity index (χ1n) is 9.53. The molecule has 0 saturated carbocycles. The Balaban J connectivity index is 2.91. The molecule has 1 aliphatic rings. The van der Waals surface area contributed by atoms with Crippen molar-refractivity contribution < 1.29 is 44.1 Å². The highest BCUT2D eigenvalue weighted by Gasteiger charge is 2.32. The molecule has 14 heteroatoms. The fourth-order valence-electron chi connectivity index (χ4n) is 2.86. The van der Waals surface area contributed by atoms with Gasteiger partial charge in [0.1, 0.15) is 18.1 Å². The minimum absolute atomic E-state index is 0.293. The Bertz CT molecular complexity index is 708. The molecule has 14 nitrogen and oxygen atoms in total. The Morgan fingerprint density at radius 2 is 1.58 bits per heavy atom. The SMILES string of the molecule is NC(=O)CC(NC(=O)C(CCC(=O)O)NC(=O)C1CCCN1)C(=O)NC(CO)C(=O)O. The van der Waals surface area contributed by atoms with Gasteiger partial charge in [0.25, 0.3) is 0 Å². The minimum Gasteiger partial charge on any atom is -0.481 e. The van der Waals surface area contributed by atoms with Crippen molar-refractivity contribution in [3.05, 3.63) is 0 Å². The van der Waals surface area contributed by atoms with Crippen LogP contribution in [0.15, 0.2) is 0 Å². The van der Waals surface area contributed by atoms with E-state index < -0.39 is 79.2 Å². The number of carboxylic acid groups (broad SMARTS) is 2. The van der Waals surface area contributed by atoms with Crippen LogP contribution >= 0.6 is 0 Å². The number of carbonyl (C=O) groups excluding carboxylic acids is 4. The van der Waals surface area contributed by atoms with Crippen LogP contribution < -0.4 is 27.0 Å². The Labute approximate surface area is 176 Å². The zero-order chi connectivity index (χ0) is 23.6. The molecule has 0 bridgehead atoms. The number of nitrogens with two attached hydrogens (primary N) is 1. The van der Waals surface area contributed by atoms with E-state index in [9.17, 15) is 28.8 Å². The van der Waals surface area contributed by atoms with Gasteiger partial charge in [-0.05, 0) is 25.8 Å². The summed E-state index contributed by atoms with van der Waals surface area (Å²) < 4.78 is 0. The van der Waals surface area contributed by atoms with Gasteiger partial charge in [-0.15, -0.1) is 0 Å². The summed E-state index contributed by atoms with van der Waals surface area (Å²) in [6.07, 6.45) is -0.170. The molecule has 0 aromatic heterocycles. The van der Waals surface area contributed by atoms with E-state index in [4.69, 9.17) is 21.1 Å². The summed E-state index contributed by atoms with van der Waals surface area (Å²) in [6.45, 7) is -0.329. The predicted molar refractivity (Wildman–Crippen MR) is 102 cm³/mol. The van der Waals surface area contributed by atoms with Crippen molar-refractivity contribution in [1.29, 1.82) is 0 Å². The summed E-state index contributed by atoms with van der Waals surface area (Å²) in [5.41, 5.74) is 5.08. The summed E-state index contributed by atoms with van der Waals surface area (Å²) >= 11 is 0. The maximum Gasteiger partial charge on any atom is 0.328 e. The van der Waals surface area contributed by atoms with Crippen molar-refractivity contribution in [2.24, 2.45) is 5.73 Å². The largest absolute Gasteiger partial charge is 0.481 e. The second-order valence-corrected chi connectivity index (χ2v) is 6.96. The molecule has 0 radical (unpaired) electrons. The van der Waals surface area contributed by atoms with Crippen molar-refractivity contribution >= 4 is 35.6 Å². The number of rotatable bonds is 13. The van der Waals surface area contributed by atoms with Crippen LogP contribution in [0.25, 0.3) is 0 Å². The van der Waals surface area contributed by atoms with E-state index in [0.29, 0.717) is 13.0 Å². The third kappa shape index (κ3) is 8.96. The van der Waals surface area contributed by atoms with Gasteiger partial charge in [-0.3, -0.25) is 24.0 Å². The highest BCUT2D eigenvalue weighted by molar-refractivity contribution is 5.96. The lowest BCUT2D eigenvalue weighted by atomic mass is 10.1. The van der Waals surface area contributed by atoms with Crippen molar-refractivity contribution in [2.75, 3.05) is 13.2 Å². The quantitative estimate of drug-likeness (QED) is 0.137. The number of hydrogen-bond donors (Lipinski definition) is 8. The van der Waals surface area contributed by atoms with Crippen LogP contribution in [0.2, 0.25) is 0 Å². The summed E-state index contributed by atoms with van der Waals surface area (Å²) in [5.74, 6) is -6.33. The van der Waals surface area contributed by atoms with Gasteiger partial charge in [0.05, 0.1) is 19.1 Å². The average molecular weight is 445 g/mol. The second kappa shape index (κ2) is 12.4. The minimum atomic E-state index is -1.68. The highest BCUT2D eigenvalue weighted by atomic mass is 16.4. The Morgan fingerprint density at radius 1 is 0.968 bits per heavy atom. The number of aliphatic hydroxyl groups excluding tert-OH is 1. The van der Waals surface area contributed by atoms with E-state index >= 15 is 0 Å². The zero-order valence-electron chi connectivity index (χ0n) is 16.6. The molecular formula is C17H27N5O9. The van der Waals surface area contributed by atoms with Crippen molar-refractivity contribution in [3.63, 3.8) is 0 Å². The molecule has 4 unspecified atom stereocenters. The molecule has 31 heavy (non-hydrogen) atoms. The van der Waals surface area contributed by atoms with Gasteiger partial charge in [-0.2, -0.15) is 0 Å². The zero-order valence-corrected chi connectivity index (χ0v) is 16.6. The Hall–Kier alpha value is -3.26. The standard InChI is InChI=1S/C17H27N5O9/c18-12(24)6-10(16(29)22-11(7-23)17(30)31)21-15(28)9(3-4-13(25)26)20-14(27)8-2-1-5-19-8/h8-11,19,23H,1-7H2,(H2,18,24)(H,20,27)(H,21,28)(H,22,29)(H,25,26)(H,30,31). The molecule has 0 aliphatic carbocycles. The molecule has 4 atom stereocenters. The molecule has 0 aromatic rings. The third-order valence-electron chi connectivity index (χ3n) is 4.49. The van der Waals surface area contributed by atoms with Crippen molar-refractivity contribution in [2.45, 2.75) is 56.3 Å². The molecule has 174 valence electrons. The Kier molecular flexibility index (Phi) is 10.3. The van der Waals surface area contributed by atoms with Gasteiger partial charge >= 0.3 is 11.9 Å². The lowest BCUT2D eigenvalue weighted by molar-refractivity contribution is -0.143. The molecule has 1 fully saturated rings. The molecule has 1 heterocycles. The predicted octanol–water partition coefficient (Wildman–Crippen LogP) is -3.99. The molecule has 0 spiro atoms. The molecule has 1 aliphatic heterocycles. The Morgan fingerprint density at radius 3 is 2.06 bits per heavy atom. The normalized spacial score (nSPS) is 18.3. The highest BCUT2D eigenvalue weighted by Crippen LogP contribution is 2.07. The van der Waals surface area contributed by atoms with Gasteiger partial charge in [0, 0.05) is 6.42 Å². The van der Waals surface area contributed by atoms with E-state index in [1.807, 2.05) is 5.32 Å². The summed E-state index contributed by atoms with van der Waals surface area (Å²) in [4.78, 5) is 70.4. The second-order valence-electron chi connectivity index (χ2n) is 6.96. The number of amides is 4. The number of carboxylic acids is 2. The molecule has 1 rings (SSSR count). The van der Waals surface area contributed by atoms with Crippen LogP contribution in [0.5, 0.6) is 0 Å². The molecular weight excluding hydrogens is 418 g/mol. The lowest BCUT2D eigenvalue weighted by Gasteiger charge is -2.24. The summed E-state index contributed by atoms with van der Waals surface area (Å²) in [7, 11) is 0. The van der Waals surface area contributed by atoms with E-state index in [1.54, 1.807) is 0 Å². The summed E-state index contributed by atoms with van der Waals surface area (Å²) in [6, 6.07) is -5.17. The molecule has 0 aromatic carbocycles. The number of primary amides is 1. The van der Waals surface area contributed by atoms with Crippen LogP contribution in [0, 0.1) is 0 Å².